The first kappa shape index (κ1) is 31.1. The molecule has 3 aliphatic carbocycles. The number of fused-ring (bicyclic) bond motifs is 2. The Kier molecular flexibility index (Phi) is 9.69. The van der Waals surface area contributed by atoms with Gasteiger partial charge in [0.15, 0.2) is 8.32 Å². The number of methoxy groups -OCH3 is 1. The highest BCUT2D eigenvalue weighted by Gasteiger charge is 2.70. The third-order valence-electron chi connectivity index (χ3n) is 11.0. The van der Waals surface area contributed by atoms with E-state index in [4.69, 9.17) is 23.4 Å². The lowest BCUT2D eigenvalue weighted by atomic mass is 9.61. The second kappa shape index (κ2) is 11.8. The molecule has 0 amide bonds. The van der Waals surface area contributed by atoms with Crippen LogP contribution in [0.25, 0.3) is 0 Å². The smallest absolute Gasteiger partial charge is 0.192 e. The lowest BCUT2D eigenvalue weighted by Gasteiger charge is -2.52. The maximum atomic E-state index is 7.26. The Hall–Kier alpha value is 0.194. The number of piperidine rings is 1. The Bertz CT molecular complexity index is 784. The van der Waals surface area contributed by atoms with Crippen molar-refractivity contribution in [3.63, 3.8) is 0 Å². The standard InChI is InChI=1S/C30H59NO5Si2/c1-29(2,3)38(9,10)36-25-12-11-23-17-26(34-20-32-5)27-24-13-14-31(4)19-22(24)18-30(23,27)28(25)35-21-33-15-16-37(6,7)8/h22-28H,11-21H2,1-10H3/t22-,23+,24+,25+,26-,27+,28-,30+/m1/s1. The SMILES string of the molecule is COCO[C@@H]1C[C@@H]2CC[C@H](O[Si](C)(C)C(C)(C)C)[C@@H](OCOCC[Si](C)(C)C)[C@@]23C[C@@H]2CN(C)CC[C@@H]2[C@@H]13. The lowest BCUT2D eigenvalue weighted by Crippen LogP contribution is -2.58. The Balaban J connectivity index is 1.64. The summed E-state index contributed by atoms with van der Waals surface area (Å²) in [5.74, 6) is 2.54. The maximum absolute atomic E-state index is 7.26. The van der Waals surface area contributed by atoms with E-state index in [2.05, 4.69) is 65.5 Å². The van der Waals surface area contributed by atoms with E-state index in [9.17, 15) is 0 Å². The first-order valence-corrected chi connectivity index (χ1v) is 22.0. The molecule has 1 saturated heterocycles. The fourth-order valence-corrected chi connectivity index (χ4v) is 10.3. The Morgan fingerprint density at radius 1 is 0.947 bits per heavy atom. The summed E-state index contributed by atoms with van der Waals surface area (Å²) in [6.45, 7) is 23.0. The van der Waals surface area contributed by atoms with Gasteiger partial charge in [-0.15, -0.1) is 0 Å². The van der Waals surface area contributed by atoms with E-state index in [0.29, 0.717) is 37.3 Å². The van der Waals surface area contributed by atoms with Crippen LogP contribution in [0.3, 0.4) is 0 Å². The van der Waals surface area contributed by atoms with Crippen LogP contribution in [0.2, 0.25) is 43.8 Å². The van der Waals surface area contributed by atoms with Gasteiger partial charge in [0.25, 0.3) is 0 Å². The van der Waals surface area contributed by atoms with Crippen molar-refractivity contribution in [2.75, 3.05) is 47.4 Å². The molecule has 0 radical (unpaired) electrons. The van der Waals surface area contributed by atoms with Gasteiger partial charge in [0.1, 0.15) is 13.6 Å². The minimum atomic E-state index is -1.97. The summed E-state index contributed by atoms with van der Waals surface area (Å²) in [6, 6.07) is 1.17. The summed E-state index contributed by atoms with van der Waals surface area (Å²) < 4.78 is 32.3. The van der Waals surface area contributed by atoms with Gasteiger partial charge in [0.05, 0.1) is 18.3 Å². The zero-order valence-electron chi connectivity index (χ0n) is 26.3. The highest BCUT2D eigenvalue weighted by atomic mass is 28.4. The molecule has 1 heterocycles. The number of hydrogen-bond acceptors (Lipinski definition) is 6. The Morgan fingerprint density at radius 3 is 2.34 bits per heavy atom. The van der Waals surface area contributed by atoms with Gasteiger partial charge in [-0.05, 0) is 93.5 Å². The quantitative estimate of drug-likeness (QED) is 0.162. The molecule has 0 bridgehead atoms. The molecule has 1 aliphatic heterocycles. The van der Waals surface area contributed by atoms with Gasteiger partial charge in [-0.3, -0.25) is 0 Å². The summed E-state index contributed by atoms with van der Waals surface area (Å²) in [5.41, 5.74) is 0.104. The van der Waals surface area contributed by atoms with Crippen molar-refractivity contribution in [3.05, 3.63) is 0 Å². The third-order valence-corrected chi connectivity index (χ3v) is 17.2. The van der Waals surface area contributed by atoms with Crippen molar-refractivity contribution in [1.29, 1.82) is 0 Å². The topological polar surface area (TPSA) is 49.4 Å². The molecule has 0 aromatic carbocycles. The van der Waals surface area contributed by atoms with E-state index in [0.717, 1.165) is 19.4 Å². The first-order chi connectivity index (χ1) is 17.7. The second-order valence-electron chi connectivity index (χ2n) is 15.8. The van der Waals surface area contributed by atoms with Crippen molar-refractivity contribution in [3.8, 4) is 0 Å². The minimum Gasteiger partial charge on any atom is -0.411 e. The molecular formula is C30H59NO5Si2. The second-order valence-corrected chi connectivity index (χ2v) is 26.2. The van der Waals surface area contributed by atoms with Gasteiger partial charge in [-0.1, -0.05) is 40.4 Å². The fraction of sp³-hybridized carbons (Fsp3) is 1.00. The summed E-state index contributed by atoms with van der Waals surface area (Å²) in [6.07, 6.45) is 6.39. The van der Waals surface area contributed by atoms with Crippen LogP contribution in [0.5, 0.6) is 0 Å². The molecule has 0 N–H and O–H groups in total. The van der Waals surface area contributed by atoms with Crippen molar-refractivity contribution in [2.24, 2.45) is 29.1 Å². The average Bonchev–Trinajstić information content (AvgIpc) is 3.28. The molecule has 3 saturated carbocycles. The fourth-order valence-electron chi connectivity index (χ4n) is 8.23. The number of nitrogens with zero attached hydrogens (tertiary/aromatic N) is 1. The van der Waals surface area contributed by atoms with Crippen molar-refractivity contribution in [1.82, 2.24) is 4.90 Å². The van der Waals surface area contributed by atoms with Crippen molar-refractivity contribution in [2.45, 2.75) is 115 Å². The highest BCUT2D eigenvalue weighted by Crippen LogP contribution is 2.69. The van der Waals surface area contributed by atoms with Crippen LogP contribution >= 0.6 is 0 Å². The molecular weight excluding hydrogens is 511 g/mol. The highest BCUT2D eigenvalue weighted by molar-refractivity contribution is 6.76. The average molecular weight is 570 g/mol. The first-order valence-electron chi connectivity index (χ1n) is 15.4. The van der Waals surface area contributed by atoms with Crippen LogP contribution < -0.4 is 0 Å². The monoisotopic (exact) mass is 569 g/mol. The van der Waals surface area contributed by atoms with E-state index in [-0.39, 0.29) is 28.8 Å². The van der Waals surface area contributed by atoms with Crippen LogP contribution in [-0.2, 0) is 23.4 Å². The van der Waals surface area contributed by atoms with Crippen LogP contribution in [-0.4, -0.2) is 87.0 Å². The molecule has 1 spiro atoms. The van der Waals surface area contributed by atoms with E-state index in [1.54, 1.807) is 7.11 Å². The lowest BCUT2D eigenvalue weighted by molar-refractivity contribution is -0.201. The molecule has 0 unspecified atom stereocenters. The largest absolute Gasteiger partial charge is 0.411 e. The maximum Gasteiger partial charge on any atom is 0.192 e. The van der Waals surface area contributed by atoms with Gasteiger partial charge in [0.2, 0.25) is 0 Å². The number of ether oxygens (including phenoxy) is 4. The molecule has 4 rings (SSSR count). The molecule has 0 aromatic rings. The third kappa shape index (κ3) is 6.32. The van der Waals surface area contributed by atoms with Crippen molar-refractivity contribution < 1.29 is 23.4 Å². The summed E-state index contributed by atoms with van der Waals surface area (Å²) in [7, 11) is 0.936. The predicted molar refractivity (Wildman–Crippen MR) is 160 cm³/mol. The normalized spacial score (nSPS) is 38.2. The Morgan fingerprint density at radius 2 is 1.68 bits per heavy atom. The molecule has 4 aliphatic rings. The van der Waals surface area contributed by atoms with Gasteiger partial charge < -0.3 is 28.3 Å². The van der Waals surface area contributed by atoms with Gasteiger partial charge in [0, 0.05) is 33.8 Å². The zero-order chi connectivity index (χ0) is 27.9. The van der Waals surface area contributed by atoms with Crippen molar-refractivity contribution >= 4 is 16.4 Å². The summed E-state index contributed by atoms with van der Waals surface area (Å²) >= 11 is 0. The molecule has 0 aromatic heterocycles. The van der Waals surface area contributed by atoms with Gasteiger partial charge >= 0.3 is 0 Å². The van der Waals surface area contributed by atoms with Crippen LogP contribution in [0, 0.1) is 29.1 Å². The molecule has 4 fully saturated rings. The predicted octanol–water partition coefficient (Wildman–Crippen LogP) is 6.45. The van der Waals surface area contributed by atoms with E-state index in [1.165, 1.54) is 38.4 Å². The molecule has 8 atom stereocenters. The molecule has 222 valence electrons. The van der Waals surface area contributed by atoms with Gasteiger partial charge in [-0.25, -0.2) is 0 Å². The van der Waals surface area contributed by atoms with Crippen LogP contribution in [0.15, 0.2) is 0 Å². The number of likely N-dealkylation sites (tertiary alicyclic amines) is 1. The Labute approximate surface area is 236 Å². The van der Waals surface area contributed by atoms with Crippen LogP contribution in [0.1, 0.15) is 52.9 Å². The van der Waals surface area contributed by atoms with E-state index < -0.39 is 16.4 Å². The van der Waals surface area contributed by atoms with E-state index >= 15 is 0 Å². The summed E-state index contributed by atoms with van der Waals surface area (Å²) in [5, 5.41) is 0.172. The van der Waals surface area contributed by atoms with E-state index in [1.807, 2.05) is 0 Å². The number of rotatable bonds is 11. The number of hydrogen-bond donors (Lipinski definition) is 0. The molecule has 8 heteroatoms. The van der Waals surface area contributed by atoms with Gasteiger partial charge in [-0.2, -0.15) is 0 Å². The minimum absolute atomic E-state index is 0.0688. The summed E-state index contributed by atoms with van der Waals surface area (Å²) in [4.78, 5) is 2.54. The molecule has 6 nitrogen and oxygen atoms in total. The zero-order valence-corrected chi connectivity index (χ0v) is 28.3. The molecule has 38 heavy (non-hydrogen) atoms. The van der Waals surface area contributed by atoms with Crippen LogP contribution in [0.4, 0.5) is 0 Å².